The lowest BCUT2D eigenvalue weighted by Gasteiger charge is -2.33. The number of para-hydroxylation sites is 1. The van der Waals surface area contributed by atoms with Crippen molar-refractivity contribution in [1.29, 1.82) is 0 Å². The second-order valence-corrected chi connectivity index (χ2v) is 9.55. The van der Waals surface area contributed by atoms with Gasteiger partial charge in [0.05, 0.1) is 5.41 Å². The molecule has 0 heterocycles. The summed E-state index contributed by atoms with van der Waals surface area (Å²) >= 11 is 0. The van der Waals surface area contributed by atoms with Gasteiger partial charge in [-0.3, -0.25) is 9.59 Å². The molecule has 0 N–H and O–H groups in total. The lowest BCUT2D eigenvalue weighted by molar-refractivity contribution is -0.141. The van der Waals surface area contributed by atoms with E-state index >= 15 is 0 Å². The molecule has 2 aliphatic rings. The van der Waals surface area contributed by atoms with E-state index in [9.17, 15) is 9.59 Å². The van der Waals surface area contributed by atoms with Crippen molar-refractivity contribution in [2.75, 3.05) is 18.5 Å². The summed E-state index contributed by atoms with van der Waals surface area (Å²) in [7, 11) is 2.00. The molecule has 0 aliphatic heterocycles. The van der Waals surface area contributed by atoms with Gasteiger partial charge in [0.25, 0.3) is 0 Å². The van der Waals surface area contributed by atoms with Crippen molar-refractivity contribution >= 4 is 17.3 Å². The molecule has 5 rings (SSSR count). The SMILES string of the molecule is C[C@@H]1C(=O)[C@@]2(C)[C@@H](C(=O)[C@H]1CN(C)c1ccccc1)C2(c1ccccc1)c1ccccc1. The van der Waals surface area contributed by atoms with Crippen molar-refractivity contribution in [1.82, 2.24) is 0 Å². The Balaban J connectivity index is 1.59. The molecule has 0 bridgehead atoms. The highest BCUT2D eigenvalue weighted by atomic mass is 16.1. The van der Waals surface area contributed by atoms with Gasteiger partial charge in [0, 0.05) is 42.4 Å². The van der Waals surface area contributed by atoms with E-state index in [2.05, 4.69) is 29.2 Å². The second-order valence-electron chi connectivity index (χ2n) is 9.55. The largest absolute Gasteiger partial charge is 0.374 e. The number of hydrogen-bond acceptors (Lipinski definition) is 3. The van der Waals surface area contributed by atoms with Crippen LogP contribution in [-0.2, 0) is 15.0 Å². The van der Waals surface area contributed by atoms with E-state index in [4.69, 9.17) is 0 Å². The van der Waals surface area contributed by atoms with Gasteiger partial charge in [-0.15, -0.1) is 0 Å². The van der Waals surface area contributed by atoms with E-state index in [0.717, 1.165) is 16.8 Å². The van der Waals surface area contributed by atoms with Gasteiger partial charge in [-0.25, -0.2) is 0 Å². The minimum atomic E-state index is -0.714. The van der Waals surface area contributed by atoms with Gasteiger partial charge in [-0.2, -0.15) is 0 Å². The third-order valence-electron chi connectivity index (χ3n) is 8.05. The fourth-order valence-electron chi connectivity index (χ4n) is 6.40. The number of nitrogens with zero attached hydrogens (tertiary/aromatic N) is 1. The molecule has 3 heteroatoms. The van der Waals surface area contributed by atoms with Crippen molar-refractivity contribution in [2.24, 2.45) is 23.2 Å². The third-order valence-corrected chi connectivity index (χ3v) is 8.05. The van der Waals surface area contributed by atoms with Crippen LogP contribution in [0.3, 0.4) is 0 Å². The van der Waals surface area contributed by atoms with Crippen molar-refractivity contribution < 1.29 is 9.59 Å². The Kier molecular flexibility index (Phi) is 4.81. The quantitative estimate of drug-likeness (QED) is 0.570. The monoisotopic (exact) mass is 423 g/mol. The van der Waals surface area contributed by atoms with Crippen LogP contribution in [0.4, 0.5) is 5.69 Å². The van der Waals surface area contributed by atoms with Gasteiger partial charge in [0.1, 0.15) is 11.6 Å². The van der Waals surface area contributed by atoms with Crippen molar-refractivity contribution in [3.05, 3.63) is 102 Å². The van der Waals surface area contributed by atoms with E-state index < -0.39 is 10.8 Å². The maximum atomic E-state index is 14.1. The summed E-state index contributed by atoms with van der Waals surface area (Å²) in [6.07, 6.45) is 0. The topological polar surface area (TPSA) is 37.4 Å². The molecule has 2 aliphatic carbocycles. The predicted molar refractivity (Wildman–Crippen MR) is 128 cm³/mol. The first-order valence-corrected chi connectivity index (χ1v) is 11.4. The van der Waals surface area contributed by atoms with Crippen LogP contribution in [0, 0.1) is 23.2 Å². The number of hydrogen-bond donors (Lipinski definition) is 0. The molecule has 0 unspecified atom stereocenters. The molecule has 0 spiro atoms. The van der Waals surface area contributed by atoms with Crippen LogP contribution in [0.25, 0.3) is 0 Å². The Hall–Kier alpha value is -3.20. The molecule has 0 radical (unpaired) electrons. The first-order valence-electron chi connectivity index (χ1n) is 11.4. The summed E-state index contributed by atoms with van der Waals surface area (Å²) in [6.45, 7) is 4.51. The molecule has 0 saturated heterocycles. The molecular formula is C29H29NO2. The van der Waals surface area contributed by atoms with E-state index in [-0.39, 0.29) is 29.3 Å². The van der Waals surface area contributed by atoms with Gasteiger partial charge in [0.15, 0.2) is 0 Å². The fraction of sp³-hybridized carbons (Fsp3) is 0.310. The van der Waals surface area contributed by atoms with Gasteiger partial charge >= 0.3 is 0 Å². The van der Waals surface area contributed by atoms with Gasteiger partial charge in [-0.05, 0) is 23.3 Å². The average Bonchev–Trinajstić information content (AvgIpc) is 3.44. The highest BCUT2D eigenvalue weighted by Crippen LogP contribution is 2.76. The number of carbonyl (C=O) groups excluding carboxylic acids is 2. The summed E-state index contributed by atoms with van der Waals surface area (Å²) in [5.74, 6) is -0.543. The molecule has 0 aromatic heterocycles. The predicted octanol–water partition coefficient (Wildman–Crippen LogP) is 5.15. The van der Waals surface area contributed by atoms with E-state index in [0.29, 0.717) is 6.54 Å². The number of anilines is 1. The Bertz CT molecular complexity index is 1100. The molecule has 32 heavy (non-hydrogen) atoms. The third kappa shape index (κ3) is 2.67. The molecule has 3 aromatic carbocycles. The van der Waals surface area contributed by atoms with Gasteiger partial charge in [-0.1, -0.05) is 92.7 Å². The molecule has 3 nitrogen and oxygen atoms in total. The number of rotatable bonds is 5. The summed E-state index contributed by atoms with van der Waals surface area (Å²) in [5.41, 5.74) is 1.86. The van der Waals surface area contributed by atoms with Gasteiger partial charge < -0.3 is 4.90 Å². The lowest BCUT2D eigenvalue weighted by Crippen LogP contribution is -2.45. The molecule has 3 aromatic rings. The van der Waals surface area contributed by atoms with Gasteiger partial charge in [0.2, 0.25) is 0 Å². The van der Waals surface area contributed by atoms with Crippen LogP contribution in [0.5, 0.6) is 0 Å². The maximum absolute atomic E-state index is 14.1. The molecule has 162 valence electrons. The zero-order valence-electron chi connectivity index (χ0n) is 18.9. The summed E-state index contributed by atoms with van der Waals surface area (Å²) in [6, 6.07) is 30.4. The van der Waals surface area contributed by atoms with Crippen LogP contribution in [0.2, 0.25) is 0 Å². The normalized spacial score (nSPS) is 28.2. The average molecular weight is 424 g/mol. The van der Waals surface area contributed by atoms with E-state index in [1.807, 2.05) is 87.6 Å². The molecule has 2 saturated carbocycles. The molecule has 4 atom stereocenters. The first kappa shape index (κ1) is 20.7. The number of carbonyl (C=O) groups is 2. The van der Waals surface area contributed by atoms with Crippen molar-refractivity contribution in [2.45, 2.75) is 19.3 Å². The standard InChI is InChI=1S/C29H29NO2/c1-20-24(19-30(3)23-17-11-6-12-18-23)25(31)26-28(2,27(20)32)29(26,21-13-7-4-8-14-21)22-15-9-5-10-16-22/h4-18,20,24,26H,19H2,1-3H3/t20-,24-,26+,28+/m0/s1. The Morgan fingerprint density at radius 2 is 1.25 bits per heavy atom. The number of benzene rings is 3. The minimum Gasteiger partial charge on any atom is -0.374 e. The van der Waals surface area contributed by atoms with E-state index in [1.165, 1.54) is 0 Å². The smallest absolute Gasteiger partial charge is 0.144 e. The summed E-state index contributed by atoms with van der Waals surface area (Å²) in [5, 5.41) is 0. The van der Waals surface area contributed by atoms with Crippen LogP contribution in [0.1, 0.15) is 25.0 Å². The van der Waals surface area contributed by atoms with Crippen LogP contribution >= 0.6 is 0 Å². The molecule has 0 amide bonds. The Morgan fingerprint density at radius 1 is 0.781 bits per heavy atom. The number of fused-ring (bicyclic) bond motifs is 1. The van der Waals surface area contributed by atoms with E-state index in [1.54, 1.807) is 0 Å². The van der Waals surface area contributed by atoms with Crippen LogP contribution in [0.15, 0.2) is 91.0 Å². The second kappa shape index (κ2) is 7.44. The summed E-state index contributed by atoms with van der Waals surface area (Å²) in [4.78, 5) is 30.1. The zero-order valence-corrected chi connectivity index (χ0v) is 18.9. The Labute approximate surface area is 190 Å². The van der Waals surface area contributed by atoms with Crippen molar-refractivity contribution in [3.8, 4) is 0 Å². The Morgan fingerprint density at radius 3 is 1.75 bits per heavy atom. The van der Waals surface area contributed by atoms with Crippen molar-refractivity contribution in [3.63, 3.8) is 0 Å². The highest BCUT2D eigenvalue weighted by molar-refractivity contribution is 6.10. The zero-order chi connectivity index (χ0) is 22.5. The molecular weight excluding hydrogens is 394 g/mol. The molecule has 2 fully saturated rings. The highest BCUT2D eigenvalue weighted by Gasteiger charge is 2.83. The maximum Gasteiger partial charge on any atom is 0.144 e. The fourth-order valence-corrected chi connectivity index (χ4v) is 6.40. The lowest BCUT2D eigenvalue weighted by atomic mass is 9.72. The number of ketones is 2. The van der Waals surface area contributed by atoms with Crippen LogP contribution < -0.4 is 4.90 Å². The first-order chi connectivity index (χ1) is 15.4. The number of Topliss-reactive ketones (excluding diaryl/α,β-unsaturated/α-hetero) is 2. The van der Waals surface area contributed by atoms with Crippen LogP contribution in [-0.4, -0.2) is 25.2 Å². The summed E-state index contributed by atoms with van der Waals surface area (Å²) < 4.78 is 0. The minimum absolute atomic E-state index is 0.210.